The Kier molecular flexibility index (Phi) is 7.95. The number of primary amides is 1. The number of nitrogens with zero attached hydrogens (tertiary/aromatic N) is 2. The van der Waals surface area contributed by atoms with Crippen molar-refractivity contribution in [2.75, 3.05) is 6.54 Å². The largest absolute Gasteiger partial charge is 0.476 e. The van der Waals surface area contributed by atoms with Crippen molar-refractivity contribution in [3.8, 4) is 17.0 Å². The molecule has 0 aliphatic rings. The molecule has 3 N–H and O–H groups in total. The summed E-state index contributed by atoms with van der Waals surface area (Å²) in [6.07, 6.45) is -3.14. The number of carbonyl (C=O) groups is 2. The van der Waals surface area contributed by atoms with E-state index in [4.69, 9.17) is 14.9 Å². The van der Waals surface area contributed by atoms with Crippen LogP contribution in [0.3, 0.4) is 0 Å². The highest BCUT2D eigenvalue weighted by atomic mass is 79.9. The maximum absolute atomic E-state index is 14.9. The monoisotopic (exact) mass is 610 g/mol. The van der Waals surface area contributed by atoms with Crippen molar-refractivity contribution in [1.29, 1.82) is 0 Å². The first-order valence-corrected chi connectivity index (χ1v) is 11.7. The van der Waals surface area contributed by atoms with E-state index < -0.39 is 52.6 Å². The Hall–Kier alpha value is -4.33. The van der Waals surface area contributed by atoms with Crippen LogP contribution >= 0.6 is 15.9 Å². The van der Waals surface area contributed by atoms with Crippen molar-refractivity contribution in [2.24, 2.45) is 5.73 Å². The van der Waals surface area contributed by atoms with Gasteiger partial charge in [0.15, 0.2) is 22.3 Å². The lowest BCUT2D eigenvalue weighted by molar-refractivity contribution is -0.137. The van der Waals surface area contributed by atoms with Crippen LogP contribution in [0.1, 0.15) is 38.3 Å². The van der Waals surface area contributed by atoms with Crippen LogP contribution in [0.2, 0.25) is 0 Å². The first-order chi connectivity index (χ1) is 18.5. The molecule has 0 radical (unpaired) electrons. The van der Waals surface area contributed by atoms with Gasteiger partial charge in [0.1, 0.15) is 17.1 Å². The van der Waals surface area contributed by atoms with E-state index in [2.05, 4.69) is 31.2 Å². The van der Waals surface area contributed by atoms with Crippen LogP contribution in [0, 0.1) is 11.6 Å². The molecule has 4 aromatic rings. The van der Waals surface area contributed by atoms with E-state index in [-0.39, 0.29) is 33.9 Å². The minimum Gasteiger partial charge on any atom is -0.476 e. The van der Waals surface area contributed by atoms with Crippen molar-refractivity contribution >= 4 is 27.7 Å². The Morgan fingerprint density at radius 1 is 1.10 bits per heavy atom. The highest BCUT2D eigenvalue weighted by Crippen LogP contribution is 2.35. The highest BCUT2D eigenvalue weighted by Gasteiger charge is 2.31. The molecule has 8 nitrogen and oxygen atoms in total. The van der Waals surface area contributed by atoms with Crippen LogP contribution in [0.15, 0.2) is 70.0 Å². The molecule has 0 spiro atoms. The van der Waals surface area contributed by atoms with E-state index in [1.807, 2.05) is 0 Å². The Balaban J connectivity index is 1.68. The predicted molar refractivity (Wildman–Crippen MR) is 129 cm³/mol. The van der Waals surface area contributed by atoms with Crippen LogP contribution in [-0.2, 0) is 6.18 Å². The number of rotatable bonds is 8. The molecule has 14 heteroatoms. The highest BCUT2D eigenvalue weighted by molar-refractivity contribution is 9.10. The molecule has 2 aromatic carbocycles. The third-order valence-corrected chi connectivity index (χ3v) is 5.84. The van der Waals surface area contributed by atoms with Crippen molar-refractivity contribution in [2.45, 2.75) is 12.3 Å². The lowest BCUT2D eigenvalue weighted by Gasteiger charge is -2.18. The number of ether oxygens (including phenoxy) is 1. The summed E-state index contributed by atoms with van der Waals surface area (Å²) in [7, 11) is 0. The number of nitrogens with one attached hydrogen (secondary N) is 1. The minimum absolute atomic E-state index is 0.00171. The van der Waals surface area contributed by atoms with Crippen LogP contribution in [-0.4, -0.2) is 28.3 Å². The zero-order valence-corrected chi connectivity index (χ0v) is 21.0. The number of pyridine rings is 1. The quantitative estimate of drug-likeness (QED) is 0.256. The maximum Gasteiger partial charge on any atom is 0.416 e. The number of nitrogens with two attached hydrogens (primary N) is 1. The average molecular weight is 611 g/mol. The predicted octanol–water partition coefficient (Wildman–Crippen LogP) is 5.45. The van der Waals surface area contributed by atoms with E-state index in [9.17, 15) is 31.5 Å². The number of halogens is 6. The number of hydrogen-bond donors (Lipinski definition) is 2. The van der Waals surface area contributed by atoms with Gasteiger partial charge in [0.05, 0.1) is 17.7 Å². The maximum atomic E-state index is 14.9. The normalized spacial score (nSPS) is 12.2. The van der Waals surface area contributed by atoms with E-state index in [0.717, 1.165) is 24.3 Å². The summed E-state index contributed by atoms with van der Waals surface area (Å²) < 4.78 is 78.9. The zero-order chi connectivity index (χ0) is 28.3. The number of carbonyl (C=O) groups excluding carboxylic acids is 2. The van der Waals surface area contributed by atoms with Crippen LogP contribution < -0.4 is 15.8 Å². The molecule has 0 fully saturated rings. The molecule has 39 heavy (non-hydrogen) atoms. The average Bonchev–Trinajstić information content (AvgIpc) is 3.28. The second-order valence-corrected chi connectivity index (χ2v) is 8.63. The molecule has 2 aromatic heterocycles. The first-order valence-electron chi connectivity index (χ1n) is 10.9. The van der Waals surface area contributed by atoms with E-state index in [1.165, 1.54) is 36.7 Å². The Labute approximate surface area is 225 Å². The summed E-state index contributed by atoms with van der Waals surface area (Å²) >= 11 is 3.15. The third-order valence-electron chi connectivity index (χ3n) is 5.31. The fourth-order valence-corrected chi connectivity index (χ4v) is 3.90. The lowest BCUT2D eigenvalue weighted by Crippen LogP contribution is -2.31. The summed E-state index contributed by atoms with van der Waals surface area (Å²) in [5.41, 5.74) is 3.68. The van der Waals surface area contributed by atoms with E-state index >= 15 is 0 Å². The van der Waals surface area contributed by atoms with Crippen molar-refractivity contribution in [3.05, 3.63) is 99.8 Å². The van der Waals surface area contributed by atoms with Gasteiger partial charge in [-0.3, -0.25) is 14.6 Å². The van der Waals surface area contributed by atoms with Crippen molar-refractivity contribution in [3.63, 3.8) is 0 Å². The van der Waals surface area contributed by atoms with Crippen LogP contribution in [0.4, 0.5) is 22.0 Å². The second-order valence-electron chi connectivity index (χ2n) is 7.91. The molecule has 0 saturated carbocycles. The van der Waals surface area contributed by atoms with E-state index in [1.54, 1.807) is 0 Å². The van der Waals surface area contributed by atoms with Crippen molar-refractivity contribution in [1.82, 2.24) is 15.3 Å². The fourth-order valence-electron chi connectivity index (χ4n) is 3.42. The topological polar surface area (TPSA) is 120 Å². The summed E-state index contributed by atoms with van der Waals surface area (Å²) in [5, 5.41) is 2.55. The molecule has 4 rings (SSSR count). The number of hydrogen-bond acceptors (Lipinski definition) is 6. The second kappa shape index (κ2) is 11.2. The molecule has 0 aliphatic heterocycles. The Morgan fingerprint density at radius 3 is 2.44 bits per heavy atom. The van der Waals surface area contributed by atoms with Gasteiger partial charge in [0.2, 0.25) is 5.89 Å². The smallest absolute Gasteiger partial charge is 0.416 e. The fraction of sp³-hybridized carbons (Fsp3) is 0.120. The molecule has 0 aliphatic carbocycles. The SMILES string of the molecule is NC(=O)c1c(F)ccc(OC(CNC(=O)c2cccnc2)c2nc(-c3ccc(C(F)(F)F)cc3)c(Br)o2)c1F. The van der Waals surface area contributed by atoms with Crippen molar-refractivity contribution < 1.29 is 40.7 Å². The number of amides is 2. The van der Waals surface area contributed by atoms with Crippen LogP contribution in [0.5, 0.6) is 5.75 Å². The third kappa shape index (κ3) is 6.22. The Morgan fingerprint density at radius 2 is 1.82 bits per heavy atom. The lowest BCUT2D eigenvalue weighted by atomic mass is 10.1. The van der Waals surface area contributed by atoms with E-state index in [0.29, 0.717) is 0 Å². The van der Waals surface area contributed by atoms with Gasteiger partial charge in [0.25, 0.3) is 11.8 Å². The van der Waals surface area contributed by atoms with Gasteiger partial charge in [-0.15, -0.1) is 0 Å². The number of alkyl halides is 3. The van der Waals surface area contributed by atoms with Gasteiger partial charge in [-0.25, -0.2) is 13.8 Å². The number of oxazole rings is 1. The Bertz CT molecular complexity index is 1510. The summed E-state index contributed by atoms with van der Waals surface area (Å²) in [5.74, 6) is -5.39. The van der Waals surface area contributed by atoms with Crippen LogP contribution in [0.25, 0.3) is 11.3 Å². The summed E-state index contributed by atoms with van der Waals surface area (Å²) in [6, 6.07) is 8.76. The van der Waals surface area contributed by atoms with Gasteiger partial charge in [0, 0.05) is 18.0 Å². The van der Waals surface area contributed by atoms with Gasteiger partial charge in [-0.2, -0.15) is 13.2 Å². The number of benzene rings is 2. The van der Waals surface area contributed by atoms with Gasteiger partial charge < -0.3 is 20.2 Å². The molecule has 2 heterocycles. The molecule has 2 amide bonds. The molecule has 1 atom stereocenters. The van der Waals surface area contributed by atoms with Gasteiger partial charge >= 0.3 is 6.18 Å². The molecule has 0 saturated heterocycles. The standard InChI is InChI=1S/C25H16BrF5N4O4/c26-21-20(12-3-5-14(6-4-12)25(29,30)31)35-24(39-21)17(11-34-23(37)13-2-1-9-33-10-13)38-16-8-7-15(27)18(19(16)28)22(32)36/h1-10,17H,11H2,(H2,32,36)(H,34,37). The minimum atomic E-state index is -4.54. The molecule has 0 bridgehead atoms. The molecule has 1 unspecified atom stereocenters. The molecular formula is C25H16BrF5N4O4. The summed E-state index contributed by atoms with van der Waals surface area (Å²) in [6.45, 7) is -0.365. The first kappa shape index (κ1) is 27.7. The summed E-state index contributed by atoms with van der Waals surface area (Å²) in [4.78, 5) is 32.2. The molecule has 202 valence electrons. The molecular weight excluding hydrogens is 595 g/mol. The number of aromatic nitrogens is 2. The van der Waals surface area contributed by atoms with Gasteiger partial charge in [-0.1, -0.05) is 12.1 Å². The van der Waals surface area contributed by atoms with Gasteiger partial charge in [-0.05, 0) is 52.3 Å². The zero-order valence-electron chi connectivity index (χ0n) is 19.4.